The molecule has 1 aliphatic rings. The highest BCUT2D eigenvalue weighted by molar-refractivity contribution is 7.98. The lowest BCUT2D eigenvalue weighted by Crippen LogP contribution is -2.03. The van der Waals surface area contributed by atoms with E-state index in [1.165, 1.54) is 28.6 Å². The van der Waals surface area contributed by atoms with E-state index in [9.17, 15) is 8.42 Å². The molecule has 0 spiro atoms. The van der Waals surface area contributed by atoms with Gasteiger partial charge in [-0.2, -0.15) is 4.68 Å². The minimum absolute atomic E-state index is 0.190. The van der Waals surface area contributed by atoms with Gasteiger partial charge >= 0.3 is 0 Å². The lowest BCUT2D eigenvalue weighted by molar-refractivity contribution is 0.174. The normalized spacial score (nSPS) is 12.9. The molecule has 0 saturated heterocycles. The summed E-state index contributed by atoms with van der Waals surface area (Å²) in [4.78, 5) is 0.224. The van der Waals surface area contributed by atoms with E-state index in [-0.39, 0.29) is 11.7 Å². The molecular formula is C18H14N6O5S2. The number of hydrogen-bond donors (Lipinski definition) is 0. The van der Waals surface area contributed by atoms with Crippen LogP contribution in [0.1, 0.15) is 5.82 Å². The zero-order valence-electron chi connectivity index (χ0n) is 16.0. The van der Waals surface area contributed by atoms with Crippen LogP contribution in [-0.2, 0) is 15.6 Å². The summed E-state index contributed by atoms with van der Waals surface area (Å²) in [5.41, 5.74) is 1.36. The molecule has 2 aromatic carbocycles. The van der Waals surface area contributed by atoms with Gasteiger partial charge in [0.15, 0.2) is 27.2 Å². The Kier molecular flexibility index (Phi) is 4.82. The van der Waals surface area contributed by atoms with Crippen LogP contribution in [0.5, 0.6) is 11.5 Å². The number of fused-ring (bicyclic) bond motifs is 1. The highest BCUT2D eigenvalue weighted by Gasteiger charge is 2.18. The van der Waals surface area contributed by atoms with Crippen LogP contribution in [-0.4, -0.2) is 51.9 Å². The number of hydrogen-bond acceptors (Lipinski definition) is 11. The molecule has 31 heavy (non-hydrogen) atoms. The molecule has 1 aliphatic heterocycles. The second-order valence-electron chi connectivity index (χ2n) is 6.50. The molecular weight excluding hydrogens is 444 g/mol. The van der Waals surface area contributed by atoms with Crippen LogP contribution in [0.3, 0.4) is 0 Å². The van der Waals surface area contributed by atoms with Crippen LogP contribution in [0, 0.1) is 0 Å². The molecule has 0 atom stereocenters. The molecule has 158 valence electrons. The van der Waals surface area contributed by atoms with Crippen LogP contribution in [0.25, 0.3) is 17.1 Å². The Balaban J connectivity index is 1.30. The lowest BCUT2D eigenvalue weighted by Gasteiger charge is -2.04. The van der Waals surface area contributed by atoms with Crippen molar-refractivity contribution in [1.82, 2.24) is 30.4 Å². The maximum Gasteiger partial charge on any atom is 0.277 e. The summed E-state index contributed by atoms with van der Waals surface area (Å²) in [5.74, 6) is 2.57. The molecule has 0 amide bonds. The van der Waals surface area contributed by atoms with E-state index in [1.807, 2.05) is 6.07 Å². The Hall–Kier alpha value is -3.45. The molecule has 0 saturated carbocycles. The fourth-order valence-electron chi connectivity index (χ4n) is 2.87. The molecule has 3 heterocycles. The second kappa shape index (κ2) is 7.67. The number of nitrogens with zero attached hydrogens (tertiary/aromatic N) is 6. The molecule has 0 bridgehead atoms. The van der Waals surface area contributed by atoms with Crippen molar-refractivity contribution in [3.63, 3.8) is 0 Å². The summed E-state index contributed by atoms with van der Waals surface area (Å²) in [6.07, 6.45) is 1.16. The Labute approximate surface area is 180 Å². The topological polar surface area (TPSA) is 135 Å². The van der Waals surface area contributed by atoms with E-state index in [0.717, 1.165) is 11.8 Å². The third-order valence-electron chi connectivity index (χ3n) is 4.39. The van der Waals surface area contributed by atoms with Gasteiger partial charge in [0.1, 0.15) is 0 Å². The Bertz CT molecular complexity index is 1350. The fourth-order valence-corrected chi connectivity index (χ4v) is 4.17. The highest BCUT2D eigenvalue weighted by atomic mass is 32.2. The predicted octanol–water partition coefficient (Wildman–Crippen LogP) is 2.14. The number of ether oxygens (including phenoxy) is 2. The summed E-state index contributed by atoms with van der Waals surface area (Å²) >= 11 is 1.28. The standard InChI is InChI=1S/C18H14N6O5S2/c1-31(25,26)13-5-3-12(4-6-13)24-16(19-22-23-24)9-30-18-21-20-17(29-18)11-2-7-14-15(8-11)28-10-27-14/h2-8H,9-10H2,1H3. The summed E-state index contributed by atoms with van der Waals surface area (Å²) < 4.78 is 41.2. The third-order valence-corrected chi connectivity index (χ3v) is 6.34. The zero-order chi connectivity index (χ0) is 21.4. The van der Waals surface area contributed by atoms with Gasteiger partial charge in [-0.05, 0) is 52.9 Å². The first-order valence-electron chi connectivity index (χ1n) is 8.91. The number of tetrazole rings is 1. The van der Waals surface area contributed by atoms with Crippen molar-refractivity contribution in [2.45, 2.75) is 15.9 Å². The summed E-state index contributed by atoms with van der Waals surface area (Å²) in [5, 5.41) is 20.2. The molecule has 13 heteroatoms. The van der Waals surface area contributed by atoms with E-state index < -0.39 is 9.84 Å². The summed E-state index contributed by atoms with van der Waals surface area (Å²) in [7, 11) is -3.28. The molecule has 0 fully saturated rings. The van der Waals surface area contributed by atoms with Gasteiger partial charge in [-0.1, -0.05) is 11.8 Å². The van der Waals surface area contributed by atoms with Gasteiger partial charge in [0.25, 0.3) is 5.22 Å². The third kappa shape index (κ3) is 3.96. The fraction of sp³-hybridized carbons (Fsp3) is 0.167. The maximum absolute atomic E-state index is 11.6. The second-order valence-corrected chi connectivity index (χ2v) is 9.45. The van der Waals surface area contributed by atoms with Gasteiger partial charge in [0.05, 0.1) is 16.3 Å². The molecule has 0 N–H and O–H groups in total. The van der Waals surface area contributed by atoms with E-state index >= 15 is 0 Å². The zero-order valence-corrected chi connectivity index (χ0v) is 17.6. The molecule has 2 aromatic heterocycles. The Morgan fingerprint density at radius 1 is 1.03 bits per heavy atom. The number of thioether (sulfide) groups is 1. The average molecular weight is 458 g/mol. The van der Waals surface area contributed by atoms with Gasteiger partial charge in [-0.25, -0.2) is 8.42 Å². The van der Waals surface area contributed by atoms with Crippen LogP contribution in [0.4, 0.5) is 0 Å². The quantitative estimate of drug-likeness (QED) is 0.393. The smallest absolute Gasteiger partial charge is 0.277 e. The first-order chi connectivity index (χ1) is 15.0. The maximum atomic E-state index is 11.6. The molecule has 0 radical (unpaired) electrons. The van der Waals surface area contributed by atoms with Gasteiger partial charge in [-0.15, -0.1) is 15.3 Å². The van der Waals surface area contributed by atoms with Crippen molar-refractivity contribution >= 4 is 21.6 Å². The number of aromatic nitrogens is 6. The number of rotatable bonds is 6. The summed E-state index contributed by atoms with van der Waals surface area (Å²) in [6, 6.07) is 11.7. The van der Waals surface area contributed by atoms with Crippen molar-refractivity contribution in [2.24, 2.45) is 0 Å². The SMILES string of the molecule is CS(=O)(=O)c1ccc(-n2nnnc2CSc2nnc(-c3ccc4c(c3)OCO4)o2)cc1. The van der Waals surface area contributed by atoms with Gasteiger partial charge in [0.2, 0.25) is 12.7 Å². The van der Waals surface area contributed by atoms with Crippen molar-refractivity contribution in [3.8, 4) is 28.6 Å². The van der Waals surface area contributed by atoms with E-state index in [2.05, 4.69) is 25.7 Å². The predicted molar refractivity (Wildman–Crippen MR) is 108 cm³/mol. The molecule has 5 rings (SSSR count). The Morgan fingerprint density at radius 2 is 1.84 bits per heavy atom. The minimum Gasteiger partial charge on any atom is -0.454 e. The largest absolute Gasteiger partial charge is 0.454 e. The molecule has 4 aromatic rings. The van der Waals surface area contributed by atoms with Gasteiger partial charge < -0.3 is 13.9 Å². The monoisotopic (exact) mass is 458 g/mol. The first kappa shape index (κ1) is 19.5. The van der Waals surface area contributed by atoms with Crippen molar-refractivity contribution < 1.29 is 22.3 Å². The summed E-state index contributed by atoms with van der Waals surface area (Å²) in [6.45, 7) is 0.190. The van der Waals surface area contributed by atoms with E-state index in [1.54, 1.807) is 24.3 Å². The average Bonchev–Trinajstić information content (AvgIpc) is 3.51. The van der Waals surface area contributed by atoms with Gasteiger partial charge in [0, 0.05) is 11.8 Å². The van der Waals surface area contributed by atoms with Crippen molar-refractivity contribution in [3.05, 3.63) is 48.3 Å². The molecule has 0 aliphatic carbocycles. The van der Waals surface area contributed by atoms with Crippen molar-refractivity contribution in [1.29, 1.82) is 0 Å². The van der Waals surface area contributed by atoms with Crippen LogP contribution in [0.2, 0.25) is 0 Å². The molecule has 0 unspecified atom stereocenters. The lowest BCUT2D eigenvalue weighted by atomic mass is 10.2. The van der Waals surface area contributed by atoms with Crippen molar-refractivity contribution in [2.75, 3.05) is 13.0 Å². The first-order valence-corrected chi connectivity index (χ1v) is 11.8. The van der Waals surface area contributed by atoms with Crippen LogP contribution < -0.4 is 9.47 Å². The highest BCUT2D eigenvalue weighted by Crippen LogP contribution is 2.36. The van der Waals surface area contributed by atoms with Crippen LogP contribution in [0.15, 0.2) is 57.0 Å². The van der Waals surface area contributed by atoms with E-state index in [0.29, 0.717) is 39.9 Å². The number of benzene rings is 2. The van der Waals surface area contributed by atoms with E-state index in [4.69, 9.17) is 13.9 Å². The van der Waals surface area contributed by atoms with Crippen LogP contribution >= 0.6 is 11.8 Å². The van der Waals surface area contributed by atoms with Gasteiger partial charge in [-0.3, -0.25) is 0 Å². The number of sulfone groups is 1. The molecule has 11 nitrogen and oxygen atoms in total. The minimum atomic E-state index is -3.28. The Morgan fingerprint density at radius 3 is 2.65 bits per heavy atom.